The molecule has 0 saturated heterocycles. The number of allylic oxidation sites excluding steroid dienone is 4. The van der Waals surface area contributed by atoms with Crippen LogP contribution in [0.1, 0.15) is 31.7 Å². The van der Waals surface area contributed by atoms with Crippen LogP contribution in [0, 0.1) is 5.92 Å². The fourth-order valence-electron chi connectivity index (χ4n) is 9.56. The molecule has 7 aromatic carbocycles. The van der Waals surface area contributed by atoms with E-state index in [1.807, 2.05) is 0 Å². The lowest BCUT2D eigenvalue weighted by atomic mass is 9.77. The van der Waals surface area contributed by atoms with Crippen LogP contribution in [0.4, 0.5) is 0 Å². The maximum absolute atomic E-state index is 2.68. The van der Waals surface area contributed by atoms with Gasteiger partial charge in [-0.3, -0.25) is 0 Å². The summed E-state index contributed by atoms with van der Waals surface area (Å²) >= 11 is 0. The SMILES string of the molecule is C1=CC2=CCCC(n3c4ccccc4c4cc(-c5ccc(-c6ccc7c(c6)c6ccccc6n7-c6cccc7ccccc67)cc5)ccc43)C2CC1. The summed E-state index contributed by atoms with van der Waals surface area (Å²) in [5.41, 5.74) is 12.9. The van der Waals surface area contributed by atoms with Crippen LogP contribution in [0.5, 0.6) is 0 Å². The number of hydrogen-bond acceptors (Lipinski definition) is 0. The summed E-state index contributed by atoms with van der Waals surface area (Å²) in [6, 6.07) is 56.9. The molecule has 52 heavy (non-hydrogen) atoms. The highest BCUT2D eigenvalue weighted by Crippen LogP contribution is 2.45. The van der Waals surface area contributed by atoms with E-state index in [0.717, 1.165) is 6.42 Å². The zero-order chi connectivity index (χ0) is 34.2. The van der Waals surface area contributed by atoms with Crippen LogP contribution in [-0.4, -0.2) is 9.13 Å². The number of benzene rings is 7. The minimum Gasteiger partial charge on any atom is -0.337 e. The average molecular weight is 667 g/mol. The smallest absolute Gasteiger partial charge is 0.0541 e. The van der Waals surface area contributed by atoms with E-state index in [4.69, 9.17) is 0 Å². The third-order valence-corrected chi connectivity index (χ3v) is 12.0. The molecule has 2 atom stereocenters. The molecule has 0 N–H and O–H groups in total. The van der Waals surface area contributed by atoms with Crippen LogP contribution in [0.3, 0.4) is 0 Å². The number of para-hydroxylation sites is 2. The second-order valence-electron chi connectivity index (χ2n) is 14.7. The van der Waals surface area contributed by atoms with E-state index in [1.165, 1.54) is 102 Å². The molecule has 2 nitrogen and oxygen atoms in total. The van der Waals surface area contributed by atoms with Crippen molar-refractivity contribution < 1.29 is 0 Å². The molecule has 2 heteroatoms. The van der Waals surface area contributed by atoms with Gasteiger partial charge in [0.15, 0.2) is 0 Å². The van der Waals surface area contributed by atoms with E-state index in [-0.39, 0.29) is 0 Å². The van der Waals surface area contributed by atoms with Gasteiger partial charge in [-0.25, -0.2) is 0 Å². The summed E-state index contributed by atoms with van der Waals surface area (Å²) in [5, 5.41) is 7.78. The first-order valence-electron chi connectivity index (χ1n) is 18.8. The van der Waals surface area contributed by atoms with E-state index in [9.17, 15) is 0 Å². The average Bonchev–Trinajstić information content (AvgIpc) is 3.72. The monoisotopic (exact) mass is 666 g/mol. The zero-order valence-electron chi connectivity index (χ0n) is 29.0. The normalized spacial score (nSPS) is 17.3. The van der Waals surface area contributed by atoms with Crippen molar-refractivity contribution in [3.63, 3.8) is 0 Å². The van der Waals surface area contributed by atoms with Crippen LogP contribution in [0.25, 0.3) is 82.3 Å². The van der Waals surface area contributed by atoms with Gasteiger partial charge in [-0.15, -0.1) is 0 Å². The van der Waals surface area contributed by atoms with Crippen molar-refractivity contribution in [2.45, 2.75) is 31.7 Å². The Balaban J connectivity index is 0.980. The van der Waals surface area contributed by atoms with Crippen molar-refractivity contribution >= 4 is 54.4 Å². The number of hydrogen-bond donors (Lipinski definition) is 0. The highest BCUT2D eigenvalue weighted by atomic mass is 15.0. The minimum absolute atomic E-state index is 0.496. The molecule has 248 valence electrons. The van der Waals surface area contributed by atoms with Gasteiger partial charge in [0.05, 0.1) is 16.7 Å². The predicted octanol–water partition coefficient (Wildman–Crippen LogP) is 13.6. The Labute approximate surface area is 303 Å². The summed E-state index contributed by atoms with van der Waals surface area (Å²) in [4.78, 5) is 0. The second kappa shape index (κ2) is 11.7. The molecule has 0 aliphatic heterocycles. The molecule has 0 fully saturated rings. The Morgan fingerprint density at radius 3 is 1.81 bits per heavy atom. The molecule has 0 spiro atoms. The Morgan fingerprint density at radius 2 is 1.02 bits per heavy atom. The van der Waals surface area contributed by atoms with Gasteiger partial charge in [0.2, 0.25) is 0 Å². The van der Waals surface area contributed by atoms with Crippen molar-refractivity contribution in [1.29, 1.82) is 0 Å². The third kappa shape index (κ3) is 4.50. The van der Waals surface area contributed by atoms with Crippen LogP contribution < -0.4 is 0 Å². The molecule has 2 heterocycles. The summed E-state index contributed by atoms with van der Waals surface area (Å²) in [7, 11) is 0. The molecule has 11 rings (SSSR count). The Hall–Kier alpha value is -6.12. The lowest BCUT2D eigenvalue weighted by Crippen LogP contribution is -2.24. The first kappa shape index (κ1) is 29.6. The molecule has 9 aromatic rings. The summed E-state index contributed by atoms with van der Waals surface area (Å²) < 4.78 is 5.12. The second-order valence-corrected chi connectivity index (χ2v) is 14.7. The molecule has 0 radical (unpaired) electrons. The van der Waals surface area contributed by atoms with Crippen LogP contribution in [-0.2, 0) is 0 Å². The third-order valence-electron chi connectivity index (χ3n) is 12.0. The molecular weight excluding hydrogens is 629 g/mol. The summed E-state index contributed by atoms with van der Waals surface area (Å²) in [6.45, 7) is 0. The van der Waals surface area contributed by atoms with Gasteiger partial charge in [-0.1, -0.05) is 127 Å². The van der Waals surface area contributed by atoms with Crippen molar-refractivity contribution in [3.05, 3.63) is 175 Å². The quantitative estimate of drug-likeness (QED) is 0.177. The molecule has 2 aromatic heterocycles. The first-order chi connectivity index (χ1) is 25.8. The fraction of sp³-hybridized carbons (Fsp3) is 0.120. The largest absolute Gasteiger partial charge is 0.337 e. The molecule has 0 saturated carbocycles. The van der Waals surface area contributed by atoms with Gasteiger partial charge < -0.3 is 9.13 Å². The van der Waals surface area contributed by atoms with Crippen molar-refractivity contribution in [1.82, 2.24) is 9.13 Å². The van der Waals surface area contributed by atoms with Crippen LogP contribution >= 0.6 is 0 Å². The number of rotatable bonds is 4. The molecule has 2 unspecified atom stereocenters. The predicted molar refractivity (Wildman–Crippen MR) is 220 cm³/mol. The Bertz CT molecular complexity index is 2910. The van der Waals surface area contributed by atoms with E-state index >= 15 is 0 Å². The van der Waals surface area contributed by atoms with Gasteiger partial charge in [0.25, 0.3) is 0 Å². The van der Waals surface area contributed by atoms with Gasteiger partial charge >= 0.3 is 0 Å². The van der Waals surface area contributed by atoms with E-state index in [2.05, 4.69) is 179 Å². The number of fused-ring (bicyclic) bond motifs is 8. The maximum Gasteiger partial charge on any atom is 0.0541 e. The van der Waals surface area contributed by atoms with Crippen molar-refractivity contribution in [2.24, 2.45) is 5.92 Å². The molecule has 0 bridgehead atoms. The lowest BCUT2D eigenvalue weighted by Gasteiger charge is -2.35. The van der Waals surface area contributed by atoms with Crippen LogP contribution in [0.15, 0.2) is 175 Å². The Morgan fingerprint density at radius 1 is 0.442 bits per heavy atom. The van der Waals surface area contributed by atoms with Crippen molar-refractivity contribution in [2.75, 3.05) is 0 Å². The van der Waals surface area contributed by atoms with Gasteiger partial charge in [-0.05, 0) is 101 Å². The maximum atomic E-state index is 2.68. The van der Waals surface area contributed by atoms with Gasteiger partial charge in [-0.2, -0.15) is 0 Å². The molecule has 2 aliphatic rings. The van der Waals surface area contributed by atoms with Crippen LogP contribution in [0.2, 0.25) is 0 Å². The fourth-order valence-corrected chi connectivity index (χ4v) is 9.56. The number of aromatic nitrogens is 2. The minimum atomic E-state index is 0.496. The van der Waals surface area contributed by atoms with Gasteiger partial charge in [0, 0.05) is 49.9 Å². The number of nitrogens with zero attached hydrogens (tertiary/aromatic N) is 2. The van der Waals surface area contributed by atoms with Crippen molar-refractivity contribution in [3.8, 4) is 27.9 Å². The Kier molecular flexibility index (Phi) is 6.67. The molecule has 0 amide bonds. The van der Waals surface area contributed by atoms with E-state index in [1.54, 1.807) is 5.57 Å². The van der Waals surface area contributed by atoms with Gasteiger partial charge in [0.1, 0.15) is 0 Å². The lowest BCUT2D eigenvalue weighted by molar-refractivity contribution is 0.333. The summed E-state index contributed by atoms with van der Waals surface area (Å²) in [6.07, 6.45) is 12.0. The zero-order valence-corrected chi connectivity index (χ0v) is 29.0. The highest BCUT2D eigenvalue weighted by molar-refractivity contribution is 6.12. The summed E-state index contributed by atoms with van der Waals surface area (Å²) in [5.74, 6) is 0.596. The van der Waals surface area contributed by atoms with E-state index in [0.29, 0.717) is 12.0 Å². The first-order valence-corrected chi connectivity index (χ1v) is 18.8. The van der Waals surface area contributed by atoms with E-state index < -0.39 is 0 Å². The standard InChI is InChI=1S/C50H38N2/c1-3-15-39-35(11-1)13-9-21-45(39)51-47-19-7-5-17-41(47)43-31-37(27-29-49(43)51)33-23-25-34(26-24-33)38-28-30-50-44(32-38)42-18-6-8-20-48(42)52(50)46-22-10-14-36-12-2-4-16-40(36)46/h1-3,5-9,11-15,17-21,23-32,40,46H,4,10,16,22H2. The molecule has 2 aliphatic carbocycles. The highest BCUT2D eigenvalue weighted by Gasteiger charge is 2.31. The topological polar surface area (TPSA) is 9.86 Å². The molecular formula is C50H38N2.